The molecular formula is C21H19F2N5O3S2. The third-order valence-corrected chi connectivity index (χ3v) is 6.35. The summed E-state index contributed by atoms with van der Waals surface area (Å²) in [7, 11) is 0. The normalized spacial score (nSPS) is 12.2. The predicted molar refractivity (Wildman–Crippen MR) is 122 cm³/mol. The van der Waals surface area contributed by atoms with E-state index in [9.17, 15) is 18.7 Å². The third kappa shape index (κ3) is 5.52. The van der Waals surface area contributed by atoms with Gasteiger partial charge in [0.25, 0.3) is 5.56 Å². The van der Waals surface area contributed by atoms with Crippen LogP contribution in [0.25, 0.3) is 11.2 Å². The minimum absolute atomic E-state index is 0.0822. The molecule has 0 bridgehead atoms. The fraction of sp³-hybridized carbons (Fsp3) is 0.238. The van der Waals surface area contributed by atoms with Gasteiger partial charge in [0, 0.05) is 17.4 Å². The number of benzene rings is 1. The summed E-state index contributed by atoms with van der Waals surface area (Å²) in [6, 6.07) is 7.16. The van der Waals surface area contributed by atoms with Gasteiger partial charge in [-0.25, -0.2) is 23.7 Å². The molecule has 33 heavy (non-hydrogen) atoms. The molecule has 0 saturated carbocycles. The fourth-order valence-electron chi connectivity index (χ4n) is 2.82. The largest absolute Gasteiger partial charge is 0.468 e. The molecule has 0 aliphatic carbocycles. The number of rotatable bonds is 9. The number of H-pyrrole nitrogens is 1. The van der Waals surface area contributed by atoms with Crippen LogP contribution in [0.3, 0.4) is 0 Å². The lowest BCUT2D eigenvalue weighted by atomic mass is 10.2. The van der Waals surface area contributed by atoms with E-state index in [4.69, 9.17) is 4.42 Å². The van der Waals surface area contributed by atoms with Crippen molar-refractivity contribution in [1.29, 1.82) is 0 Å². The van der Waals surface area contributed by atoms with E-state index in [-0.39, 0.29) is 39.8 Å². The quantitative estimate of drug-likeness (QED) is 0.236. The van der Waals surface area contributed by atoms with Crippen LogP contribution in [-0.2, 0) is 11.5 Å². The van der Waals surface area contributed by atoms with E-state index in [1.165, 1.54) is 23.9 Å². The first kappa shape index (κ1) is 23.2. The molecule has 0 aliphatic rings. The van der Waals surface area contributed by atoms with Crippen molar-refractivity contribution in [3.8, 4) is 0 Å². The van der Waals surface area contributed by atoms with Crippen molar-refractivity contribution in [1.82, 2.24) is 19.9 Å². The number of hydrogen-bond donors (Lipinski definition) is 3. The number of aliphatic hydroxyl groups is 1. The Hall–Kier alpha value is -2.96. The Morgan fingerprint density at radius 3 is 2.76 bits per heavy atom. The van der Waals surface area contributed by atoms with E-state index in [0.717, 1.165) is 17.8 Å². The molecule has 3 aromatic heterocycles. The van der Waals surface area contributed by atoms with Crippen LogP contribution in [0.4, 0.5) is 14.6 Å². The number of aromatic nitrogens is 4. The Morgan fingerprint density at radius 1 is 1.15 bits per heavy atom. The molecule has 4 rings (SSSR count). The van der Waals surface area contributed by atoms with Crippen molar-refractivity contribution in [2.24, 2.45) is 0 Å². The summed E-state index contributed by atoms with van der Waals surface area (Å²) in [5.74, 6) is -0.357. The molecule has 0 fully saturated rings. The zero-order valence-corrected chi connectivity index (χ0v) is 19.0. The molecule has 3 heterocycles. The zero-order chi connectivity index (χ0) is 23.4. The van der Waals surface area contributed by atoms with Gasteiger partial charge in [0.15, 0.2) is 33.3 Å². The number of nitrogens with one attached hydrogen (secondary N) is 2. The summed E-state index contributed by atoms with van der Waals surface area (Å²) in [6.45, 7) is 1.59. The Kier molecular flexibility index (Phi) is 7.26. The number of anilines is 1. The number of hydrogen-bond acceptors (Lipinski definition) is 9. The minimum Gasteiger partial charge on any atom is -0.468 e. The van der Waals surface area contributed by atoms with Gasteiger partial charge in [-0.3, -0.25) is 4.79 Å². The molecule has 1 aromatic carbocycles. The summed E-state index contributed by atoms with van der Waals surface area (Å²) >= 11 is 2.28. The van der Waals surface area contributed by atoms with Gasteiger partial charge in [-0.15, -0.1) is 0 Å². The van der Waals surface area contributed by atoms with Gasteiger partial charge in [0.2, 0.25) is 0 Å². The molecule has 3 N–H and O–H groups in total. The van der Waals surface area contributed by atoms with Gasteiger partial charge < -0.3 is 19.8 Å². The molecule has 0 aliphatic heterocycles. The first-order valence-electron chi connectivity index (χ1n) is 9.85. The van der Waals surface area contributed by atoms with Gasteiger partial charge in [-0.2, -0.15) is 0 Å². The highest BCUT2D eigenvalue weighted by Gasteiger charge is 2.17. The Morgan fingerprint density at radius 2 is 2.00 bits per heavy atom. The molecule has 1 atom stereocenters. The highest BCUT2D eigenvalue weighted by molar-refractivity contribution is 7.98. The molecule has 1 unspecified atom stereocenters. The molecule has 0 amide bonds. The van der Waals surface area contributed by atoms with Crippen molar-refractivity contribution < 1.29 is 18.3 Å². The summed E-state index contributed by atoms with van der Waals surface area (Å²) in [5, 5.41) is 12.9. The van der Waals surface area contributed by atoms with Crippen LogP contribution in [0.1, 0.15) is 18.2 Å². The molecule has 0 spiro atoms. The summed E-state index contributed by atoms with van der Waals surface area (Å²) < 4.78 is 32.8. The smallest absolute Gasteiger partial charge is 0.282 e. The standard InChI is InChI=1S/C21H19F2N5O3S2/c1-11(8-29)24-17-16-18(26-19(30)20(25-16)32-10-13-5-3-7-31-13)28-21(27-17)33-9-12-4-2-6-14(22)15(12)23/h2-7,11,29H,8-10H2,1H3,(H2,24,26,27,28,30). The first-order valence-corrected chi connectivity index (χ1v) is 11.8. The number of furan rings is 1. The van der Waals surface area contributed by atoms with E-state index < -0.39 is 17.2 Å². The van der Waals surface area contributed by atoms with E-state index in [2.05, 4.69) is 25.3 Å². The molecule has 4 aromatic rings. The number of thioether (sulfide) groups is 2. The van der Waals surface area contributed by atoms with Gasteiger partial charge in [-0.1, -0.05) is 35.7 Å². The number of nitrogens with zero attached hydrogens (tertiary/aromatic N) is 3. The molecule has 0 radical (unpaired) electrons. The summed E-state index contributed by atoms with van der Waals surface area (Å²) in [4.78, 5) is 28.5. The molecule has 12 heteroatoms. The van der Waals surface area contributed by atoms with Crippen LogP contribution in [-0.4, -0.2) is 37.7 Å². The number of aromatic amines is 1. The maximum absolute atomic E-state index is 14.0. The van der Waals surface area contributed by atoms with Crippen LogP contribution in [0.15, 0.2) is 56.0 Å². The Bertz CT molecular complexity index is 1320. The second kappa shape index (κ2) is 10.3. The number of fused-ring (bicyclic) bond motifs is 1. The average Bonchev–Trinajstić information content (AvgIpc) is 3.32. The summed E-state index contributed by atoms with van der Waals surface area (Å²) in [6.07, 6.45) is 1.55. The monoisotopic (exact) mass is 491 g/mol. The Labute approximate surface area is 195 Å². The minimum atomic E-state index is -0.931. The first-order chi connectivity index (χ1) is 15.9. The highest BCUT2D eigenvalue weighted by Crippen LogP contribution is 2.27. The van der Waals surface area contributed by atoms with Crippen molar-refractivity contribution in [3.63, 3.8) is 0 Å². The Balaban J connectivity index is 1.66. The topological polar surface area (TPSA) is 117 Å². The van der Waals surface area contributed by atoms with Crippen molar-refractivity contribution in [3.05, 3.63) is 69.9 Å². The van der Waals surface area contributed by atoms with E-state index in [0.29, 0.717) is 22.8 Å². The number of halogens is 2. The van der Waals surface area contributed by atoms with Gasteiger partial charge in [0.05, 0.1) is 18.6 Å². The van der Waals surface area contributed by atoms with E-state index >= 15 is 0 Å². The van der Waals surface area contributed by atoms with Crippen molar-refractivity contribution in [2.75, 3.05) is 11.9 Å². The fourth-order valence-corrected chi connectivity index (χ4v) is 4.42. The van der Waals surface area contributed by atoms with Crippen LogP contribution >= 0.6 is 23.5 Å². The maximum Gasteiger partial charge on any atom is 0.282 e. The lowest BCUT2D eigenvalue weighted by molar-refractivity contribution is 0.281. The van der Waals surface area contributed by atoms with Gasteiger partial charge in [-0.05, 0) is 25.1 Å². The van der Waals surface area contributed by atoms with E-state index in [1.54, 1.807) is 25.3 Å². The van der Waals surface area contributed by atoms with E-state index in [1.807, 2.05) is 0 Å². The van der Waals surface area contributed by atoms with Crippen LogP contribution in [0.5, 0.6) is 0 Å². The van der Waals surface area contributed by atoms with Gasteiger partial charge in [0.1, 0.15) is 11.3 Å². The zero-order valence-electron chi connectivity index (χ0n) is 17.3. The SMILES string of the molecule is CC(CO)Nc1nc(SCc2cccc(F)c2F)nc2[nH]c(=O)c(SCc3ccco3)nc12. The van der Waals surface area contributed by atoms with Crippen molar-refractivity contribution >= 4 is 40.5 Å². The van der Waals surface area contributed by atoms with Crippen LogP contribution in [0.2, 0.25) is 0 Å². The summed E-state index contributed by atoms with van der Waals surface area (Å²) in [5.41, 5.74) is 0.245. The number of aliphatic hydroxyl groups excluding tert-OH is 1. The molecular weight excluding hydrogens is 472 g/mol. The molecule has 0 saturated heterocycles. The lowest BCUT2D eigenvalue weighted by Gasteiger charge is -2.14. The highest BCUT2D eigenvalue weighted by atomic mass is 32.2. The third-order valence-electron chi connectivity index (χ3n) is 4.48. The second-order valence-corrected chi connectivity index (χ2v) is 8.93. The predicted octanol–water partition coefficient (Wildman–Crippen LogP) is 3.96. The van der Waals surface area contributed by atoms with Crippen LogP contribution < -0.4 is 10.9 Å². The van der Waals surface area contributed by atoms with Gasteiger partial charge >= 0.3 is 0 Å². The molecule has 172 valence electrons. The van der Waals surface area contributed by atoms with Crippen molar-refractivity contribution in [2.45, 2.75) is 34.7 Å². The average molecular weight is 492 g/mol. The van der Waals surface area contributed by atoms with Crippen LogP contribution in [0, 0.1) is 11.6 Å². The lowest BCUT2D eigenvalue weighted by Crippen LogP contribution is -2.22. The maximum atomic E-state index is 14.0. The second-order valence-electron chi connectivity index (χ2n) is 7.02. The molecule has 8 nitrogen and oxygen atoms in total.